The van der Waals surface area contributed by atoms with Gasteiger partial charge < -0.3 is 10.1 Å². The fraction of sp³-hybridized carbons (Fsp3) is 0.286. The van der Waals surface area contributed by atoms with Gasteiger partial charge in [-0.15, -0.1) is 0 Å². The number of anilines is 1. The predicted octanol–water partition coefficient (Wildman–Crippen LogP) is 5.53. The molecule has 1 N–H and O–H groups in total. The maximum absolute atomic E-state index is 6.41. The number of para-hydroxylation sites is 2. The molecular weight excluding hydrogens is 381 g/mol. The lowest BCUT2D eigenvalue weighted by Crippen LogP contribution is -2.08. The second kappa shape index (κ2) is 7.83. The van der Waals surface area contributed by atoms with Crippen LogP contribution in [0.4, 0.5) is 5.82 Å². The van der Waals surface area contributed by atoms with Crippen LogP contribution in [0.15, 0.2) is 42.5 Å². The minimum atomic E-state index is 0.642. The molecule has 140 valence electrons. The van der Waals surface area contributed by atoms with Crippen molar-refractivity contribution >= 4 is 29.0 Å². The standard InChI is InChI=1S/C21H21Cl2N3O/c1-27-20-8-3-2-7-19(20)26-21-16(6-4-5-11-24-21)18(25-26)12-14-9-10-15(22)13-17(14)23/h2-3,7-10,13,24H,4-6,11-12H2,1H3. The zero-order valence-electron chi connectivity index (χ0n) is 15.1. The lowest BCUT2D eigenvalue weighted by Gasteiger charge is -2.12. The topological polar surface area (TPSA) is 39.1 Å². The highest BCUT2D eigenvalue weighted by atomic mass is 35.5. The summed E-state index contributed by atoms with van der Waals surface area (Å²) in [6.45, 7) is 0.939. The number of aromatic nitrogens is 2. The normalized spacial score (nSPS) is 13.6. The molecule has 0 saturated heterocycles. The van der Waals surface area contributed by atoms with E-state index < -0.39 is 0 Å². The van der Waals surface area contributed by atoms with Crippen LogP contribution in [0.2, 0.25) is 10.0 Å². The van der Waals surface area contributed by atoms with Crippen molar-refractivity contribution in [3.8, 4) is 11.4 Å². The first-order valence-corrected chi connectivity index (χ1v) is 9.85. The van der Waals surface area contributed by atoms with Crippen LogP contribution in [-0.4, -0.2) is 23.4 Å². The summed E-state index contributed by atoms with van der Waals surface area (Å²) in [5.41, 5.74) is 4.25. The van der Waals surface area contributed by atoms with Crippen molar-refractivity contribution in [2.75, 3.05) is 19.0 Å². The van der Waals surface area contributed by atoms with Gasteiger partial charge in [0.25, 0.3) is 0 Å². The van der Waals surface area contributed by atoms with Crippen LogP contribution in [0, 0.1) is 0 Å². The van der Waals surface area contributed by atoms with Gasteiger partial charge in [0, 0.05) is 28.6 Å². The summed E-state index contributed by atoms with van der Waals surface area (Å²) in [5, 5.41) is 9.83. The summed E-state index contributed by atoms with van der Waals surface area (Å²) in [6.07, 6.45) is 3.95. The summed E-state index contributed by atoms with van der Waals surface area (Å²) in [5.74, 6) is 1.85. The number of methoxy groups -OCH3 is 1. The highest BCUT2D eigenvalue weighted by molar-refractivity contribution is 6.35. The van der Waals surface area contributed by atoms with Gasteiger partial charge in [-0.25, -0.2) is 4.68 Å². The lowest BCUT2D eigenvalue weighted by atomic mass is 10.0. The maximum atomic E-state index is 6.41. The number of hydrogen-bond donors (Lipinski definition) is 1. The first-order valence-electron chi connectivity index (χ1n) is 9.09. The molecule has 2 aromatic carbocycles. The molecule has 3 aromatic rings. The number of halogens is 2. The van der Waals surface area contributed by atoms with Crippen LogP contribution < -0.4 is 10.1 Å². The third-order valence-electron chi connectivity index (χ3n) is 4.90. The molecule has 1 aliphatic heterocycles. The van der Waals surface area contributed by atoms with Crippen LogP contribution >= 0.6 is 23.2 Å². The van der Waals surface area contributed by atoms with E-state index in [1.165, 1.54) is 5.56 Å². The van der Waals surface area contributed by atoms with E-state index in [9.17, 15) is 0 Å². The summed E-state index contributed by atoms with van der Waals surface area (Å²) in [7, 11) is 1.68. The Kier molecular flexibility index (Phi) is 5.28. The Hall–Kier alpha value is -2.17. The smallest absolute Gasteiger partial charge is 0.144 e. The van der Waals surface area contributed by atoms with E-state index in [-0.39, 0.29) is 0 Å². The minimum Gasteiger partial charge on any atom is -0.494 e. The van der Waals surface area contributed by atoms with Gasteiger partial charge in [-0.3, -0.25) is 0 Å². The molecule has 0 amide bonds. The van der Waals surface area contributed by atoms with Crippen molar-refractivity contribution in [3.05, 3.63) is 69.3 Å². The van der Waals surface area contributed by atoms with Gasteiger partial charge in [0.15, 0.2) is 0 Å². The van der Waals surface area contributed by atoms with Crippen LogP contribution in [-0.2, 0) is 12.8 Å². The zero-order valence-corrected chi connectivity index (χ0v) is 16.6. The Balaban J connectivity index is 1.82. The summed E-state index contributed by atoms with van der Waals surface area (Å²) in [6, 6.07) is 13.6. The maximum Gasteiger partial charge on any atom is 0.144 e. The van der Waals surface area contributed by atoms with Crippen LogP contribution in [0.1, 0.15) is 29.7 Å². The molecule has 0 radical (unpaired) electrons. The Labute approximate surface area is 169 Å². The first kappa shape index (κ1) is 18.2. The van der Waals surface area contributed by atoms with Crippen LogP contribution in [0.3, 0.4) is 0 Å². The average molecular weight is 402 g/mol. The molecule has 1 aliphatic rings. The number of nitrogens with zero attached hydrogens (tertiary/aromatic N) is 2. The van der Waals surface area contributed by atoms with Crippen molar-refractivity contribution in [3.63, 3.8) is 0 Å². The third-order valence-corrected chi connectivity index (χ3v) is 5.49. The van der Waals surface area contributed by atoms with E-state index in [0.717, 1.165) is 54.3 Å². The molecule has 0 bridgehead atoms. The van der Waals surface area contributed by atoms with Crippen molar-refractivity contribution in [1.29, 1.82) is 0 Å². The number of ether oxygens (including phenoxy) is 1. The third kappa shape index (κ3) is 3.64. The first-order chi connectivity index (χ1) is 13.2. The lowest BCUT2D eigenvalue weighted by molar-refractivity contribution is 0.412. The van der Waals surface area contributed by atoms with E-state index in [0.29, 0.717) is 16.5 Å². The number of nitrogens with one attached hydrogen (secondary N) is 1. The number of benzene rings is 2. The number of rotatable bonds is 4. The van der Waals surface area contributed by atoms with E-state index in [4.69, 9.17) is 33.0 Å². The van der Waals surface area contributed by atoms with Crippen molar-refractivity contribution in [1.82, 2.24) is 9.78 Å². The van der Waals surface area contributed by atoms with Crippen LogP contribution in [0.25, 0.3) is 5.69 Å². The van der Waals surface area contributed by atoms with E-state index in [1.807, 2.05) is 41.1 Å². The number of hydrogen-bond acceptors (Lipinski definition) is 3. The molecule has 0 atom stereocenters. The summed E-state index contributed by atoms with van der Waals surface area (Å²) < 4.78 is 7.53. The van der Waals surface area contributed by atoms with Crippen molar-refractivity contribution in [2.45, 2.75) is 25.7 Å². The van der Waals surface area contributed by atoms with E-state index >= 15 is 0 Å². The molecular formula is C21H21Cl2N3O. The highest BCUT2D eigenvalue weighted by Crippen LogP contribution is 2.33. The number of fused-ring (bicyclic) bond motifs is 1. The highest BCUT2D eigenvalue weighted by Gasteiger charge is 2.22. The summed E-state index contributed by atoms with van der Waals surface area (Å²) >= 11 is 12.5. The Morgan fingerprint density at radius 2 is 2.00 bits per heavy atom. The van der Waals surface area contributed by atoms with Gasteiger partial charge in [0.2, 0.25) is 0 Å². The molecule has 6 heteroatoms. The molecule has 1 aromatic heterocycles. The minimum absolute atomic E-state index is 0.642. The second-order valence-electron chi connectivity index (χ2n) is 6.65. The van der Waals surface area contributed by atoms with E-state index in [2.05, 4.69) is 5.32 Å². The average Bonchev–Trinajstić information content (AvgIpc) is 2.84. The van der Waals surface area contributed by atoms with Crippen LogP contribution in [0.5, 0.6) is 5.75 Å². The molecule has 0 fully saturated rings. The molecule has 2 heterocycles. The molecule has 4 rings (SSSR count). The van der Waals surface area contributed by atoms with Gasteiger partial charge in [0.05, 0.1) is 12.8 Å². The van der Waals surface area contributed by atoms with Crippen molar-refractivity contribution < 1.29 is 4.74 Å². The molecule has 0 saturated carbocycles. The van der Waals surface area contributed by atoms with Gasteiger partial charge in [0.1, 0.15) is 17.3 Å². The molecule has 27 heavy (non-hydrogen) atoms. The second-order valence-corrected chi connectivity index (χ2v) is 7.50. The molecule has 0 spiro atoms. The van der Waals surface area contributed by atoms with E-state index in [1.54, 1.807) is 13.2 Å². The van der Waals surface area contributed by atoms with Gasteiger partial charge in [-0.2, -0.15) is 5.10 Å². The Morgan fingerprint density at radius 3 is 2.81 bits per heavy atom. The molecule has 4 nitrogen and oxygen atoms in total. The summed E-state index contributed by atoms with van der Waals surface area (Å²) in [4.78, 5) is 0. The largest absolute Gasteiger partial charge is 0.494 e. The fourth-order valence-corrected chi connectivity index (χ4v) is 4.02. The Morgan fingerprint density at radius 1 is 1.15 bits per heavy atom. The predicted molar refractivity (Wildman–Crippen MR) is 111 cm³/mol. The monoisotopic (exact) mass is 401 g/mol. The zero-order chi connectivity index (χ0) is 18.8. The molecule has 0 aliphatic carbocycles. The van der Waals surface area contributed by atoms with Gasteiger partial charge in [-0.05, 0) is 49.1 Å². The van der Waals surface area contributed by atoms with Gasteiger partial charge in [-0.1, -0.05) is 41.4 Å². The fourth-order valence-electron chi connectivity index (χ4n) is 3.54. The van der Waals surface area contributed by atoms with Crippen molar-refractivity contribution in [2.24, 2.45) is 0 Å². The quantitative estimate of drug-likeness (QED) is 0.624. The Bertz CT molecular complexity index is 968. The van der Waals surface area contributed by atoms with Gasteiger partial charge >= 0.3 is 0 Å². The molecule has 0 unspecified atom stereocenters. The SMILES string of the molecule is COc1ccccc1-n1nc(Cc2ccc(Cl)cc2Cl)c2c1NCCCC2.